The first kappa shape index (κ1) is 22.5. The van der Waals surface area contributed by atoms with Crippen LogP contribution in [0.25, 0.3) is 0 Å². The first-order valence-corrected chi connectivity index (χ1v) is 9.51. The highest BCUT2D eigenvalue weighted by Crippen LogP contribution is 2.42. The van der Waals surface area contributed by atoms with Crippen LogP contribution in [0.2, 0.25) is 5.02 Å². The first-order valence-electron chi connectivity index (χ1n) is 9.13. The van der Waals surface area contributed by atoms with E-state index in [0.29, 0.717) is 16.4 Å². The lowest BCUT2D eigenvalue weighted by atomic mass is 9.74. The van der Waals surface area contributed by atoms with E-state index in [1.165, 1.54) is 6.20 Å². The highest BCUT2D eigenvalue weighted by molar-refractivity contribution is 6.30. The summed E-state index contributed by atoms with van der Waals surface area (Å²) in [7, 11) is 3.54. The van der Waals surface area contributed by atoms with Gasteiger partial charge in [-0.3, -0.25) is 0 Å². The lowest BCUT2D eigenvalue weighted by molar-refractivity contribution is 0.0115. The number of likely N-dealkylation sites (N-methyl/N-ethyl adjacent to an activating group) is 1. The van der Waals surface area contributed by atoms with Crippen LogP contribution in [-0.2, 0) is 24.4 Å². The van der Waals surface area contributed by atoms with Crippen molar-refractivity contribution < 1.29 is 28.5 Å². The maximum Gasteiger partial charge on any atom is 0.513 e. The van der Waals surface area contributed by atoms with Gasteiger partial charge in [0.2, 0.25) is 0 Å². The number of nitrogens with zero attached hydrogens (tertiary/aromatic N) is 2. The number of hydrogen-bond acceptors (Lipinski definition) is 8. The van der Waals surface area contributed by atoms with E-state index in [-0.39, 0.29) is 19.0 Å². The highest BCUT2D eigenvalue weighted by Gasteiger charge is 2.50. The Bertz CT molecular complexity index is 823. The van der Waals surface area contributed by atoms with Crippen molar-refractivity contribution in [1.29, 1.82) is 0 Å². The minimum Gasteiger partial charge on any atom is -0.435 e. The fourth-order valence-electron chi connectivity index (χ4n) is 2.96. The predicted octanol–water partition coefficient (Wildman–Crippen LogP) is 4.13. The third kappa shape index (κ3) is 5.00. The number of carbonyl (C=O) groups excluding carboxylic acids is 2. The number of benzene rings is 1. The van der Waals surface area contributed by atoms with Gasteiger partial charge in [0.05, 0.1) is 24.8 Å². The summed E-state index contributed by atoms with van der Waals surface area (Å²) >= 11 is 6.21. The van der Waals surface area contributed by atoms with Crippen LogP contribution in [0, 0.1) is 0 Å². The Balaban J connectivity index is 2.61. The third-order valence-electron chi connectivity index (χ3n) is 4.40. The molecule has 9 heteroatoms. The molecule has 2 unspecified atom stereocenters. The molecule has 1 aromatic carbocycles. The molecule has 29 heavy (non-hydrogen) atoms. The fraction of sp³-hybridized carbons (Fsp3) is 0.450. The van der Waals surface area contributed by atoms with Gasteiger partial charge < -0.3 is 23.8 Å². The van der Waals surface area contributed by atoms with Gasteiger partial charge in [-0.05, 0) is 38.5 Å². The summed E-state index contributed by atoms with van der Waals surface area (Å²) < 4.78 is 21.0. The zero-order chi connectivity index (χ0) is 21.6. The van der Waals surface area contributed by atoms with Gasteiger partial charge in [0.25, 0.3) is 0 Å². The molecule has 0 fully saturated rings. The second-order valence-electron chi connectivity index (χ2n) is 6.55. The van der Waals surface area contributed by atoms with Crippen molar-refractivity contribution in [3.05, 3.63) is 46.8 Å². The normalized spacial score (nSPS) is 20.8. The molecule has 0 saturated heterocycles. The number of rotatable bonds is 5. The number of amidine groups is 1. The summed E-state index contributed by atoms with van der Waals surface area (Å²) in [5.74, 6) is 0.592. The number of carbonyl (C=O) groups is 2. The van der Waals surface area contributed by atoms with Crippen LogP contribution in [0.4, 0.5) is 9.59 Å². The van der Waals surface area contributed by atoms with Crippen molar-refractivity contribution in [2.45, 2.75) is 32.3 Å². The van der Waals surface area contributed by atoms with Gasteiger partial charge in [-0.2, -0.15) is 0 Å². The molecule has 1 aliphatic heterocycles. The number of halogens is 1. The van der Waals surface area contributed by atoms with Gasteiger partial charge in [-0.1, -0.05) is 23.7 Å². The summed E-state index contributed by atoms with van der Waals surface area (Å²) in [6.45, 7) is 5.41. The number of hydrogen-bond donors (Lipinski definition) is 0. The van der Waals surface area contributed by atoms with Crippen LogP contribution in [0.15, 0.2) is 41.2 Å². The number of ether oxygens (including phenoxy) is 4. The maximum absolute atomic E-state index is 12.2. The molecular weight excluding hydrogens is 400 g/mol. The Morgan fingerprint density at radius 2 is 1.83 bits per heavy atom. The molecule has 0 N–H and O–H groups in total. The molecule has 0 bridgehead atoms. The minimum absolute atomic E-state index is 0.148. The Morgan fingerprint density at radius 1 is 1.17 bits per heavy atom. The highest BCUT2D eigenvalue weighted by atomic mass is 35.5. The lowest BCUT2D eigenvalue weighted by Gasteiger charge is -2.41. The van der Waals surface area contributed by atoms with Crippen LogP contribution >= 0.6 is 11.6 Å². The number of aliphatic imine (C=N–C) groups is 1. The average Bonchev–Trinajstić information content (AvgIpc) is 2.65. The summed E-state index contributed by atoms with van der Waals surface area (Å²) in [5.41, 5.74) is -0.477. The SMILES string of the molecule is CCOC(=O)OC1=CN=C(N(C)C)C(OC(=O)OCC)C1(C)c1cccc(Cl)c1. The van der Waals surface area contributed by atoms with Crippen molar-refractivity contribution in [3.63, 3.8) is 0 Å². The van der Waals surface area contributed by atoms with E-state index in [4.69, 9.17) is 30.5 Å². The molecule has 1 aliphatic rings. The largest absolute Gasteiger partial charge is 0.513 e. The summed E-state index contributed by atoms with van der Waals surface area (Å²) in [5, 5.41) is 0.475. The van der Waals surface area contributed by atoms with E-state index in [1.54, 1.807) is 64.0 Å². The monoisotopic (exact) mass is 424 g/mol. The molecule has 0 saturated carbocycles. The second kappa shape index (κ2) is 9.65. The van der Waals surface area contributed by atoms with Crippen molar-refractivity contribution in [2.75, 3.05) is 27.3 Å². The molecule has 1 aromatic rings. The Kier molecular flexibility index (Phi) is 7.50. The predicted molar refractivity (Wildman–Crippen MR) is 108 cm³/mol. The van der Waals surface area contributed by atoms with Gasteiger partial charge in [-0.25, -0.2) is 14.6 Å². The van der Waals surface area contributed by atoms with Gasteiger partial charge in [-0.15, -0.1) is 0 Å². The van der Waals surface area contributed by atoms with Gasteiger partial charge >= 0.3 is 12.3 Å². The maximum atomic E-state index is 12.2. The summed E-state index contributed by atoms with van der Waals surface area (Å²) in [4.78, 5) is 30.3. The molecule has 1 heterocycles. The van der Waals surface area contributed by atoms with Crippen molar-refractivity contribution in [3.8, 4) is 0 Å². The second-order valence-corrected chi connectivity index (χ2v) is 6.99. The Hall–Kier alpha value is -2.74. The van der Waals surface area contributed by atoms with Crippen molar-refractivity contribution in [1.82, 2.24) is 4.90 Å². The molecule has 2 atom stereocenters. The molecular formula is C20H25ClN2O6. The van der Waals surface area contributed by atoms with Crippen LogP contribution < -0.4 is 0 Å². The van der Waals surface area contributed by atoms with Gasteiger partial charge in [0.15, 0.2) is 6.10 Å². The topological polar surface area (TPSA) is 86.7 Å². The van der Waals surface area contributed by atoms with Crippen LogP contribution in [0.1, 0.15) is 26.3 Å². The van der Waals surface area contributed by atoms with E-state index in [2.05, 4.69) is 4.99 Å². The smallest absolute Gasteiger partial charge is 0.435 e. The van der Waals surface area contributed by atoms with E-state index in [0.717, 1.165) is 0 Å². The van der Waals surface area contributed by atoms with E-state index in [9.17, 15) is 9.59 Å². The molecule has 0 aromatic heterocycles. The van der Waals surface area contributed by atoms with Crippen LogP contribution in [0.3, 0.4) is 0 Å². The summed E-state index contributed by atoms with van der Waals surface area (Å²) in [6.07, 6.45) is -1.29. The molecule has 0 spiro atoms. The summed E-state index contributed by atoms with van der Waals surface area (Å²) in [6, 6.07) is 6.99. The lowest BCUT2D eigenvalue weighted by Crippen LogP contribution is -2.53. The Labute approximate surface area is 175 Å². The van der Waals surface area contributed by atoms with Gasteiger partial charge in [0.1, 0.15) is 11.6 Å². The molecule has 158 valence electrons. The van der Waals surface area contributed by atoms with Crippen molar-refractivity contribution >= 4 is 29.7 Å². The van der Waals surface area contributed by atoms with Crippen molar-refractivity contribution in [2.24, 2.45) is 4.99 Å². The zero-order valence-corrected chi connectivity index (χ0v) is 17.9. The molecule has 0 radical (unpaired) electrons. The zero-order valence-electron chi connectivity index (χ0n) is 17.1. The third-order valence-corrected chi connectivity index (χ3v) is 4.63. The quantitative estimate of drug-likeness (QED) is 0.657. The van der Waals surface area contributed by atoms with E-state index < -0.39 is 23.8 Å². The van der Waals surface area contributed by atoms with Crippen LogP contribution in [-0.4, -0.2) is 56.5 Å². The first-order chi connectivity index (χ1) is 13.7. The minimum atomic E-state index is -1.13. The standard InChI is InChI=1S/C20H25ClN2O6/c1-6-26-18(24)28-15-12-22-17(23(4)5)16(29-19(25)27-7-2)20(15,3)13-9-8-10-14(21)11-13/h8-12,16H,6-7H2,1-5H3. The molecule has 2 rings (SSSR count). The Morgan fingerprint density at radius 3 is 2.41 bits per heavy atom. The van der Waals surface area contributed by atoms with Gasteiger partial charge in [0, 0.05) is 19.1 Å². The fourth-order valence-corrected chi connectivity index (χ4v) is 3.15. The molecule has 8 nitrogen and oxygen atoms in total. The van der Waals surface area contributed by atoms with E-state index in [1.807, 2.05) is 0 Å². The van der Waals surface area contributed by atoms with E-state index >= 15 is 0 Å². The average molecular weight is 425 g/mol. The molecule has 0 aliphatic carbocycles. The van der Waals surface area contributed by atoms with Crippen LogP contribution in [0.5, 0.6) is 0 Å². The molecule has 0 amide bonds.